The molecule has 1 aliphatic heterocycles. The lowest BCUT2D eigenvalue weighted by Gasteiger charge is -2.16. The van der Waals surface area contributed by atoms with E-state index in [1.54, 1.807) is 0 Å². The quantitative estimate of drug-likeness (QED) is 0.253. The molecule has 1 N–H and O–H groups in total. The Morgan fingerprint density at radius 3 is 2.22 bits per heavy atom. The zero-order valence-corrected chi connectivity index (χ0v) is 19.8. The molecule has 0 bridgehead atoms. The normalized spacial score (nSPS) is 15.6. The molecule has 4 heterocycles. The summed E-state index contributed by atoms with van der Waals surface area (Å²) in [5.74, 6) is 0. The Hall–Kier alpha value is -4.35. The fourth-order valence-corrected chi connectivity index (χ4v) is 7.25. The third-order valence-electron chi connectivity index (χ3n) is 7.46. The van der Waals surface area contributed by atoms with E-state index < -0.39 is 0 Å². The van der Waals surface area contributed by atoms with Crippen LogP contribution in [0.1, 0.15) is 5.50 Å². The lowest BCUT2D eigenvalue weighted by Crippen LogP contribution is -2.10. The van der Waals surface area contributed by atoms with E-state index in [2.05, 4.69) is 82.7 Å². The molecule has 9 rings (SSSR count). The first-order valence-electron chi connectivity index (χ1n) is 12.1. The maximum atomic E-state index is 6.45. The standard InChI is InChI=1S/C31H18N2O2S/c1-4-10-22-19(8-1)27-23(15-13-18-17-7-2-5-11-24(17)35-29(18)27)33(22)31-32-21-14-16-26-28(30(21)36-31)20-9-3-6-12-25(20)34-26/h1-16,31-32H. The van der Waals surface area contributed by atoms with Crippen LogP contribution in [0.4, 0.5) is 5.69 Å². The zero-order valence-electron chi connectivity index (χ0n) is 19.0. The largest absolute Gasteiger partial charge is 0.456 e. The van der Waals surface area contributed by atoms with Crippen molar-refractivity contribution in [3.05, 3.63) is 97.1 Å². The van der Waals surface area contributed by atoms with Crippen LogP contribution in [0.5, 0.6) is 0 Å². The molecule has 3 aromatic heterocycles. The number of aromatic nitrogens is 1. The summed E-state index contributed by atoms with van der Waals surface area (Å²) in [6.45, 7) is 0. The average molecular weight is 483 g/mol. The van der Waals surface area contributed by atoms with Crippen LogP contribution in [0.2, 0.25) is 0 Å². The molecule has 0 aliphatic carbocycles. The number of benzene rings is 5. The van der Waals surface area contributed by atoms with Crippen LogP contribution in [-0.2, 0) is 0 Å². The highest BCUT2D eigenvalue weighted by Gasteiger charge is 2.30. The number of nitrogens with one attached hydrogen (secondary N) is 1. The fraction of sp³-hybridized carbons (Fsp3) is 0.0323. The van der Waals surface area contributed by atoms with Crippen molar-refractivity contribution in [2.75, 3.05) is 5.32 Å². The van der Waals surface area contributed by atoms with Gasteiger partial charge in [-0.15, -0.1) is 0 Å². The Kier molecular flexibility index (Phi) is 3.49. The Bertz CT molecular complexity index is 2180. The van der Waals surface area contributed by atoms with E-state index in [0.29, 0.717) is 0 Å². The number of nitrogens with zero attached hydrogens (tertiary/aromatic N) is 1. The van der Waals surface area contributed by atoms with Crippen LogP contribution in [-0.4, -0.2) is 4.57 Å². The zero-order chi connectivity index (χ0) is 23.4. The number of rotatable bonds is 1. The maximum absolute atomic E-state index is 6.45. The second kappa shape index (κ2) is 6.65. The van der Waals surface area contributed by atoms with Crippen molar-refractivity contribution >= 4 is 83.1 Å². The molecule has 1 atom stereocenters. The molecular formula is C31H18N2O2S. The molecule has 1 unspecified atom stereocenters. The second-order valence-electron chi connectivity index (χ2n) is 9.35. The topological polar surface area (TPSA) is 43.2 Å². The third-order valence-corrected chi connectivity index (χ3v) is 8.67. The first-order chi connectivity index (χ1) is 17.8. The van der Waals surface area contributed by atoms with Crippen molar-refractivity contribution in [1.29, 1.82) is 0 Å². The summed E-state index contributed by atoms with van der Waals surface area (Å²) < 4.78 is 15.0. The highest BCUT2D eigenvalue weighted by molar-refractivity contribution is 8.00. The van der Waals surface area contributed by atoms with Gasteiger partial charge in [-0.25, -0.2) is 0 Å². The molecule has 5 heteroatoms. The van der Waals surface area contributed by atoms with E-state index in [1.165, 1.54) is 21.2 Å². The molecule has 0 radical (unpaired) electrons. The molecule has 0 fully saturated rings. The predicted octanol–water partition coefficient (Wildman–Crippen LogP) is 9.27. The summed E-state index contributed by atoms with van der Waals surface area (Å²) >= 11 is 1.84. The second-order valence-corrected chi connectivity index (χ2v) is 10.4. The summed E-state index contributed by atoms with van der Waals surface area (Å²) in [5.41, 5.74) is 7.22. The van der Waals surface area contributed by atoms with Gasteiger partial charge in [0.15, 0.2) is 5.50 Å². The van der Waals surface area contributed by atoms with Crippen LogP contribution in [0.25, 0.3) is 65.7 Å². The summed E-state index contributed by atoms with van der Waals surface area (Å²) in [6.07, 6.45) is 0. The van der Waals surface area contributed by atoms with Gasteiger partial charge in [0.2, 0.25) is 0 Å². The molecular weight excluding hydrogens is 464 g/mol. The van der Waals surface area contributed by atoms with Gasteiger partial charge < -0.3 is 18.7 Å². The van der Waals surface area contributed by atoms with Gasteiger partial charge >= 0.3 is 0 Å². The molecule has 5 aromatic carbocycles. The van der Waals surface area contributed by atoms with Crippen molar-refractivity contribution in [3.8, 4) is 0 Å². The van der Waals surface area contributed by atoms with E-state index in [-0.39, 0.29) is 5.50 Å². The highest BCUT2D eigenvalue weighted by Crippen LogP contribution is 2.52. The van der Waals surface area contributed by atoms with Crippen molar-refractivity contribution in [2.45, 2.75) is 10.4 Å². The maximum Gasteiger partial charge on any atom is 0.157 e. The molecule has 0 saturated carbocycles. The van der Waals surface area contributed by atoms with E-state index in [1.807, 2.05) is 36.0 Å². The Balaban J connectivity index is 1.32. The van der Waals surface area contributed by atoms with Crippen LogP contribution < -0.4 is 5.32 Å². The lowest BCUT2D eigenvalue weighted by molar-refractivity contribution is 0.668. The van der Waals surface area contributed by atoms with Crippen molar-refractivity contribution in [2.24, 2.45) is 0 Å². The SMILES string of the molecule is c1ccc2c(c1)oc1c2ccc2c1c1ccccc1n2C1Nc2ccc3oc4ccccc4c3c2S1. The van der Waals surface area contributed by atoms with Gasteiger partial charge in [0, 0.05) is 31.8 Å². The number of thioether (sulfide) groups is 1. The molecule has 0 spiro atoms. The summed E-state index contributed by atoms with van der Waals surface area (Å²) in [4.78, 5) is 1.23. The molecule has 36 heavy (non-hydrogen) atoms. The van der Waals surface area contributed by atoms with E-state index in [4.69, 9.17) is 8.83 Å². The van der Waals surface area contributed by atoms with Crippen molar-refractivity contribution in [1.82, 2.24) is 4.57 Å². The van der Waals surface area contributed by atoms with E-state index >= 15 is 0 Å². The Labute approximate surface area is 209 Å². The highest BCUT2D eigenvalue weighted by atomic mass is 32.2. The minimum Gasteiger partial charge on any atom is -0.456 e. The van der Waals surface area contributed by atoms with Gasteiger partial charge in [0.05, 0.1) is 22.1 Å². The van der Waals surface area contributed by atoms with Crippen molar-refractivity contribution < 1.29 is 8.83 Å². The minimum absolute atomic E-state index is 0.00323. The minimum atomic E-state index is 0.00323. The number of hydrogen-bond donors (Lipinski definition) is 1. The number of hydrogen-bond acceptors (Lipinski definition) is 4. The third kappa shape index (κ3) is 2.31. The molecule has 8 aromatic rings. The molecule has 1 aliphatic rings. The van der Waals surface area contributed by atoms with Crippen molar-refractivity contribution in [3.63, 3.8) is 0 Å². The fourth-order valence-electron chi connectivity index (χ4n) is 5.93. The van der Waals surface area contributed by atoms with Gasteiger partial charge in [-0.3, -0.25) is 0 Å². The van der Waals surface area contributed by atoms with Gasteiger partial charge in [-0.2, -0.15) is 0 Å². The molecule has 170 valence electrons. The van der Waals surface area contributed by atoms with E-state index in [0.717, 1.165) is 55.1 Å². The molecule has 0 saturated heterocycles. The van der Waals surface area contributed by atoms with Crippen LogP contribution in [0, 0.1) is 0 Å². The predicted molar refractivity (Wildman–Crippen MR) is 149 cm³/mol. The Morgan fingerprint density at radius 2 is 1.33 bits per heavy atom. The first kappa shape index (κ1) is 18.9. The average Bonchev–Trinajstić information content (AvgIpc) is 3.67. The number of furan rings is 2. The number of fused-ring (bicyclic) bond motifs is 12. The summed E-state index contributed by atoms with van der Waals surface area (Å²) in [5, 5.41) is 10.8. The summed E-state index contributed by atoms with van der Waals surface area (Å²) in [7, 11) is 0. The monoisotopic (exact) mass is 482 g/mol. The molecule has 0 amide bonds. The summed E-state index contributed by atoms with van der Waals surface area (Å²) in [6, 6.07) is 33.9. The lowest BCUT2D eigenvalue weighted by atomic mass is 10.1. The van der Waals surface area contributed by atoms with Crippen LogP contribution in [0.3, 0.4) is 0 Å². The van der Waals surface area contributed by atoms with Gasteiger partial charge in [-0.1, -0.05) is 66.4 Å². The van der Waals surface area contributed by atoms with Gasteiger partial charge in [0.1, 0.15) is 22.3 Å². The van der Waals surface area contributed by atoms with Gasteiger partial charge in [-0.05, 0) is 42.5 Å². The number of para-hydroxylation sites is 3. The van der Waals surface area contributed by atoms with Crippen LogP contribution in [0.15, 0.2) is 111 Å². The molecule has 4 nitrogen and oxygen atoms in total. The number of anilines is 1. The van der Waals surface area contributed by atoms with Gasteiger partial charge in [0.25, 0.3) is 0 Å². The van der Waals surface area contributed by atoms with Crippen LogP contribution >= 0.6 is 11.8 Å². The first-order valence-corrected chi connectivity index (χ1v) is 12.9. The Morgan fingerprint density at radius 1 is 0.583 bits per heavy atom. The van der Waals surface area contributed by atoms with E-state index in [9.17, 15) is 0 Å². The smallest absolute Gasteiger partial charge is 0.157 e.